The van der Waals surface area contributed by atoms with Gasteiger partial charge in [0.1, 0.15) is 0 Å². The van der Waals surface area contributed by atoms with Gasteiger partial charge in [-0.05, 0) is 0 Å². The van der Waals surface area contributed by atoms with Crippen LogP contribution in [-0.4, -0.2) is 37.2 Å². The first kappa shape index (κ1) is 16.5. The van der Waals surface area contributed by atoms with Gasteiger partial charge in [-0.3, -0.25) is 9.59 Å². The third kappa shape index (κ3) is 8.28. The van der Waals surface area contributed by atoms with E-state index in [1.54, 1.807) is 0 Å². The molecule has 6 nitrogen and oxygen atoms in total. The highest BCUT2D eigenvalue weighted by Gasteiger charge is 2.24. The molecule has 19 heavy (non-hydrogen) atoms. The minimum Gasteiger partial charge on any atom is -0.452 e. The van der Waals surface area contributed by atoms with Gasteiger partial charge in [0.2, 0.25) is 0 Å². The predicted molar refractivity (Wildman–Crippen MR) is 64.4 cm³/mol. The second-order valence-electron chi connectivity index (χ2n) is 3.31. The van der Waals surface area contributed by atoms with Crippen LogP contribution in [0.25, 0.3) is 0 Å². The van der Waals surface area contributed by atoms with Crippen molar-refractivity contribution < 1.29 is 28.6 Å². The van der Waals surface area contributed by atoms with E-state index >= 15 is 0 Å². The average Bonchev–Trinajstić information content (AvgIpc) is 2.37. The van der Waals surface area contributed by atoms with Crippen LogP contribution in [0.15, 0.2) is 0 Å². The van der Waals surface area contributed by atoms with E-state index in [0.717, 1.165) is 6.92 Å². The lowest BCUT2D eigenvalue weighted by molar-refractivity contribution is -0.167. The Bertz CT molecular complexity index is 412. The van der Waals surface area contributed by atoms with Crippen molar-refractivity contribution in [2.45, 2.75) is 25.9 Å². The number of ether oxygens (including phenoxy) is 3. The third-order valence-corrected chi connectivity index (χ3v) is 1.80. The van der Waals surface area contributed by atoms with Crippen LogP contribution in [0.5, 0.6) is 0 Å². The van der Waals surface area contributed by atoms with Gasteiger partial charge < -0.3 is 14.2 Å². The maximum Gasteiger partial charge on any atom is 0.348 e. The first-order valence-corrected chi connectivity index (χ1v) is 5.37. The number of esters is 3. The van der Waals surface area contributed by atoms with E-state index in [1.807, 2.05) is 0 Å². The Balaban J connectivity index is 4.32. The molecule has 1 unspecified atom stereocenters. The molecule has 6 heteroatoms. The average molecular weight is 266 g/mol. The van der Waals surface area contributed by atoms with Crippen molar-refractivity contribution in [1.29, 1.82) is 0 Å². The summed E-state index contributed by atoms with van der Waals surface area (Å²) in [5, 5.41) is 0. The fourth-order valence-corrected chi connectivity index (χ4v) is 1.07. The summed E-state index contributed by atoms with van der Waals surface area (Å²) in [7, 11) is 0. The van der Waals surface area contributed by atoms with Crippen molar-refractivity contribution >= 4 is 17.9 Å². The van der Waals surface area contributed by atoms with Gasteiger partial charge in [0.15, 0.2) is 19.3 Å². The molecular weight excluding hydrogens is 252 g/mol. The molecule has 102 valence electrons. The van der Waals surface area contributed by atoms with Crippen LogP contribution < -0.4 is 0 Å². The highest BCUT2D eigenvalue weighted by Crippen LogP contribution is 2.07. The molecule has 0 N–H and O–H groups in total. The van der Waals surface area contributed by atoms with Crippen LogP contribution in [-0.2, 0) is 28.6 Å². The molecule has 0 aliphatic rings. The maximum atomic E-state index is 11.5. The van der Waals surface area contributed by atoms with E-state index in [9.17, 15) is 14.4 Å². The number of hydrogen-bond acceptors (Lipinski definition) is 6. The van der Waals surface area contributed by atoms with Gasteiger partial charge in [0.05, 0.1) is 0 Å². The van der Waals surface area contributed by atoms with E-state index < -0.39 is 24.0 Å². The molecule has 0 saturated carbocycles. The molecule has 0 aromatic rings. The monoisotopic (exact) mass is 266 g/mol. The highest BCUT2D eigenvalue weighted by atomic mass is 16.6. The summed E-state index contributed by atoms with van der Waals surface area (Å²) in [6.45, 7) is 0.745. The van der Waals surface area contributed by atoms with E-state index in [4.69, 9.17) is 17.6 Å². The number of carbonyl (C=O) groups is 3. The molecule has 0 heterocycles. The molecule has 0 radical (unpaired) electrons. The Labute approximate surface area is 111 Å². The fraction of sp³-hybridized carbons (Fsp3) is 0.462. The van der Waals surface area contributed by atoms with Crippen molar-refractivity contribution in [2.75, 3.05) is 13.2 Å². The molecule has 0 spiro atoms. The molecule has 0 rings (SSSR count). The lowest BCUT2D eigenvalue weighted by atomic mass is 10.2. The normalized spacial score (nSPS) is 10.5. The van der Waals surface area contributed by atoms with Gasteiger partial charge in [0, 0.05) is 19.8 Å². The number of carbonyl (C=O) groups excluding carboxylic acids is 3. The topological polar surface area (TPSA) is 78.9 Å². The number of hydrogen-bond donors (Lipinski definition) is 0. The van der Waals surface area contributed by atoms with Gasteiger partial charge >= 0.3 is 17.9 Å². The van der Waals surface area contributed by atoms with Crippen molar-refractivity contribution in [3.63, 3.8) is 0 Å². The van der Waals surface area contributed by atoms with E-state index in [-0.39, 0.29) is 26.1 Å². The third-order valence-electron chi connectivity index (χ3n) is 1.80. The molecule has 1 atom stereocenters. The van der Waals surface area contributed by atoms with Crippen molar-refractivity contribution in [3.8, 4) is 24.7 Å². The summed E-state index contributed by atoms with van der Waals surface area (Å²) in [5.41, 5.74) is 0. The highest BCUT2D eigenvalue weighted by molar-refractivity contribution is 5.79. The molecule has 0 aliphatic heterocycles. The lowest BCUT2D eigenvalue weighted by Gasteiger charge is -2.14. The number of terminal acetylenes is 2. The molecule has 0 aromatic carbocycles. The lowest BCUT2D eigenvalue weighted by Crippen LogP contribution is -2.29. The van der Waals surface area contributed by atoms with Gasteiger partial charge in [-0.25, -0.2) is 4.79 Å². The van der Waals surface area contributed by atoms with Gasteiger partial charge in [-0.1, -0.05) is 11.8 Å². The summed E-state index contributed by atoms with van der Waals surface area (Å²) in [6, 6.07) is 0. The fourth-order valence-electron chi connectivity index (χ4n) is 1.07. The minimum atomic E-state index is -1.19. The second-order valence-corrected chi connectivity index (χ2v) is 3.31. The van der Waals surface area contributed by atoms with E-state index in [2.05, 4.69) is 21.3 Å². The van der Waals surface area contributed by atoms with Crippen molar-refractivity contribution in [3.05, 3.63) is 0 Å². The quantitative estimate of drug-likeness (QED) is 0.368. The molecular formula is C13H14O6. The molecule has 0 amide bonds. The summed E-state index contributed by atoms with van der Waals surface area (Å²) in [6.07, 6.45) is 8.45. The summed E-state index contributed by atoms with van der Waals surface area (Å²) >= 11 is 0. The second kappa shape index (κ2) is 9.55. The standard InChI is InChI=1S/C13H14O6/c1-4-8-17-12(15)7-6-11(19-10(3)14)13(16)18-9-5-2/h1-2,11H,6-9H2,3H3. The first-order valence-electron chi connectivity index (χ1n) is 5.37. The van der Waals surface area contributed by atoms with E-state index in [1.165, 1.54) is 0 Å². The number of rotatable bonds is 7. The zero-order chi connectivity index (χ0) is 14.7. The summed E-state index contributed by atoms with van der Waals surface area (Å²) in [4.78, 5) is 33.5. The van der Waals surface area contributed by atoms with Crippen LogP contribution >= 0.6 is 0 Å². The Morgan fingerprint density at radius 3 is 2.21 bits per heavy atom. The molecule has 0 saturated heterocycles. The van der Waals surface area contributed by atoms with Crippen molar-refractivity contribution in [2.24, 2.45) is 0 Å². The SMILES string of the molecule is C#CCOC(=O)CCC(OC(C)=O)C(=O)OCC#C. The molecule has 0 aliphatic carbocycles. The summed E-state index contributed by atoms with van der Waals surface area (Å²) in [5.74, 6) is 2.16. The molecule has 0 bridgehead atoms. The van der Waals surface area contributed by atoms with Crippen LogP contribution in [0.1, 0.15) is 19.8 Å². The van der Waals surface area contributed by atoms with Crippen LogP contribution in [0.2, 0.25) is 0 Å². The van der Waals surface area contributed by atoms with Gasteiger partial charge in [-0.15, -0.1) is 12.8 Å². The Morgan fingerprint density at radius 2 is 1.68 bits per heavy atom. The Morgan fingerprint density at radius 1 is 1.11 bits per heavy atom. The van der Waals surface area contributed by atoms with Crippen LogP contribution in [0, 0.1) is 24.7 Å². The first-order chi connectivity index (χ1) is 9.01. The van der Waals surface area contributed by atoms with Gasteiger partial charge in [-0.2, -0.15) is 0 Å². The van der Waals surface area contributed by atoms with Crippen molar-refractivity contribution in [1.82, 2.24) is 0 Å². The molecule has 0 aromatic heterocycles. The smallest absolute Gasteiger partial charge is 0.348 e. The Hall–Kier alpha value is -2.47. The maximum absolute atomic E-state index is 11.5. The summed E-state index contributed by atoms with van der Waals surface area (Å²) < 4.78 is 14.0. The van der Waals surface area contributed by atoms with Gasteiger partial charge in [0.25, 0.3) is 0 Å². The Kier molecular flexibility index (Phi) is 8.31. The molecule has 0 fully saturated rings. The predicted octanol–water partition coefficient (Wildman–Crippen LogP) is 0.0511. The largest absolute Gasteiger partial charge is 0.452 e. The zero-order valence-electron chi connectivity index (χ0n) is 10.5. The van der Waals surface area contributed by atoms with E-state index in [0.29, 0.717) is 0 Å². The minimum absolute atomic E-state index is 0.0631. The van der Waals surface area contributed by atoms with Crippen LogP contribution in [0.4, 0.5) is 0 Å². The van der Waals surface area contributed by atoms with Crippen LogP contribution in [0.3, 0.4) is 0 Å². The zero-order valence-corrected chi connectivity index (χ0v) is 10.5.